The molecule has 86 valence electrons. The zero-order valence-corrected chi connectivity index (χ0v) is 9.97. The number of aliphatic imine (C=N–C) groups is 1. The molecule has 2 atom stereocenters. The minimum absolute atomic E-state index is 0.892. The summed E-state index contributed by atoms with van der Waals surface area (Å²) in [4.78, 5) is 4.54. The zero-order valence-electron chi connectivity index (χ0n) is 9.97. The summed E-state index contributed by atoms with van der Waals surface area (Å²) in [7, 11) is 0. The van der Waals surface area contributed by atoms with Crippen molar-refractivity contribution in [2.45, 2.75) is 51.9 Å². The van der Waals surface area contributed by atoms with Crippen LogP contribution in [0, 0.1) is 11.8 Å². The molecule has 1 saturated carbocycles. The van der Waals surface area contributed by atoms with Crippen LogP contribution in [0.3, 0.4) is 0 Å². The van der Waals surface area contributed by atoms with Crippen LogP contribution in [0.2, 0.25) is 0 Å². The summed E-state index contributed by atoms with van der Waals surface area (Å²) < 4.78 is 0. The van der Waals surface area contributed by atoms with Crippen molar-refractivity contribution in [2.75, 3.05) is 13.1 Å². The Morgan fingerprint density at radius 1 is 1.20 bits per heavy atom. The van der Waals surface area contributed by atoms with E-state index in [9.17, 15) is 0 Å². The quantitative estimate of drug-likeness (QED) is 0.741. The molecule has 2 unspecified atom stereocenters. The van der Waals surface area contributed by atoms with Crippen LogP contribution in [0.1, 0.15) is 51.9 Å². The van der Waals surface area contributed by atoms with Crippen molar-refractivity contribution in [2.24, 2.45) is 16.8 Å². The van der Waals surface area contributed by atoms with E-state index in [-0.39, 0.29) is 0 Å². The van der Waals surface area contributed by atoms with E-state index in [4.69, 9.17) is 0 Å². The summed E-state index contributed by atoms with van der Waals surface area (Å²) in [6.45, 7) is 4.62. The Kier molecular flexibility index (Phi) is 4.04. The average molecular weight is 208 g/mol. The first-order chi connectivity index (χ1) is 7.36. The molecule has 2 heteroatoms. The van der Waals surface area contributed by atoms with E-state index in [1.807, 2.05) is 0 Å². The van der Waals surface area contributed by atoms with Crippen LogP contribution in [-0.4, -0.2) is 18.9 Å². The molecule has 1 N–H and O–H groups in total. The Morgan fingerprint density at radius 3 is 2.80 bits per heavy atom. The van der Waals surface area contributed by atoms with Crippen LogP contribution in [0.5, 0.6) is 0 Å². The first-order valence-corrected chi connectivity index (χ1v) is 6.63. The molecule has 0 spiro atoms. The third-order valence-corrected chi connectivity index (χ3v) is 3.98. The first kappa shape index (κ1) is 11.0. The number of nitrogens with zero attached hydrogens (tertiary/aromatic N) is 1. The van der Waals surface area contributed by atoms with Crippen molar-refractivity contribution >= 4 is 5.84 Å². The summed E-state index contributed by atoms with van der Waals surface area (Å²) in [5.41, 5.74) is 0. The molecule has 0 bridgehead atoms. The maximum absolute atomic E-state index is 4.54. The van der Waals surface area contributed by atoms with Crippen molar-refractivity contribution in [3.8, 4) is 0 Å². The molecule has 2 rings (SSSR count). The van der Waals surface area contributed by atoms with Crippen molar-refractivity contribution in [1.29, 1.82) is 0 Å². The second kappa shape index (κ2) is 5.53. The molecular weight excluding hydrogens is 184 g/mol. The van der Waals surface area contributed by atoms with Crippen molar-refractivity contribution in [3.63, 3.8) is 0 Å². The minimum atomic E-state index is 0.892. The molecule has 0 aromatic heterocycles. The molecular formula is C13H24N2. The molecule has 0 amide bonds. The first-order valence-electron chi connectivity index (χ1n) is 6.63. The van der Waals surface area contributed by atoms with Gasteiger partial charge in [-0.25, -0.2) is 0 Å². The highest BCUT2D eigenvalue weighted by Gasteiger charge is 2.21. The number of hydrogen-bond acceptors (Lipinski definition) is 2. The van der Waals surface area contributed by atoms with E-state index >= 15 is 0 Å². The summed E-state index contributed by atoms with van der Waals surface area (Å²) in [6, 6.07) is 0. The third kappa shape index (κ3) is 3.22. The second-order valence-corrected chi connectivity index (χ2v) is 5.19. The van der Waals surface area contributed by atoms with Gasteiger partial charge in [-0.15, -0.1) is 0 Å². The third-order valence-electron chi connectivity index (χ3n) is 3.98. The topological polar surface area (TPSA) is 24.4 Å². The van der Waals surface area contributed by atoms with E-state index in [0.717, 1.165) is 18.4 Å². The van der Waals surface area contributed by atoms with E-state index < -0.39 is 0 Å². The van der Waals surface area contributed by atoms with Gasteiger partial charge in [0.25, 0.3) is 0 Å². The minimum Gasteiger partial charge on any atom is -0.374 e. The monoisotopic (exact) mass is 208 g/mol. The lowest BCUT2D eigenvalue weighted by Crippen LogP contribution is -2.34. The summed E-state index contributed by atoms with van der Waals surface area (Å²) in [5.74, 6) is 3.08. The number of rotatable bonds is 2. The summed E-state index contributed by atoms with van der Waals surface area (Å²) >= 11 is 0. The molecule has 2 nitrogen and oxygen atoms in total. The highest BCUT2D eigenvalue weighted by molar-refractivity contribution is 5.82. The van der Waals surface area contributed by atoms with Gasteiger partial charge in [-0.1, -0.05) is 26.2 Å². The Balaban J connectivity index is 1.74. The van der Waals surface area contributed by atoms with Crippen LogP contribution < -0.4 is 5.32 Å². The molecule has 1 aliphatic heterocycles. The highest BCUT2D eigenvalue weighted by Crippen LogP contribution is 2.28. The fraction of sp³-hybridized carbons (Fsp3) is 0.923. The molecule has 1 aliphatic carbocycles. The van der Waals surface area contributed by atoms with Gasteiger partial charge >= 0.3 is 0 Å². The molecule has 0 aromatic carbocycles. The Morgan fingerprint density at radius 2 is 2.07 bits per heavy atom. The number of amidine groups is 1. The van der Waals surface area contributed by atoms with E-state index in [1.165, 1.54) is 57.3 Å². The van der Waals surface area contributed by atoms with Crippen LogP contribution in [-0.2, 0) is 0 Å². The van der Waals surface area contributed by atoms with Crippen LogP contribution in [0.4, 0.5) is 0 Å². The van der Waals surface area contributed by atoms with Gasteiger partial charge < -0.3 is 5.32 Å². The summed E-state index contributed by atoms with van der Waals surface area (Å²) in [6.07, 6.45) is 9.51. The lowest BCUT2D eigenvalue weighted by molar-refractivity contribution is 0.256. The van der Waals surface area contributed by atoms with Crippen molar-refractivity contribution in [1.82, 2.24) is 5.32 Å². The summed E-state index contributed by atoms with van der Waals surface area (Å²) in [5, 5.41) is 3.57. The molecule has 15 heavy (non-hydrogen) atoms. The molecule has 0 aromatic rings. The normalized spacial score (nSPS) is 32.2. The molecule has 1 heterocycles. The Bertz CT molecular complexity index is 223. The molecule has 2 aliphatic rings. The van der Waals surface area contributed by atoms with Crippen LogP contribution >= 0.6 is 0 Å². The predicted octanol–water partition coefficient (Wildman–Crippen LogP) is 2.98. The highest BCUT2D eigenvalue weighted by atomic mass is 15.0. The average Bonchev–Trinajstić information content (AvgIpc) is 2.29. The standard InChI is InChI=1S/C13H24N2/c1-11-6-2-3-7-12(11)10-15-13-8-4-5-9-14-13/h11-12H,2-10H2,1H3,(H,14,15). The van der Waals surface area contributed by atoms with Crippen molar-refractivity contribution < 1.29 is 0 Å². The lowest BCUT2D eigenvalue weighted by Gasteiger charge is -2.29. The van der Waals surface area contributed by atoms with Gasteiger partial charge in [0.2, 0.25) is 0 Å². The second-order valence-electron chi connectivity index (χ2n) is 5.19. The van der Waals surface area contributed by atoms with Crippen LogP contribution in [0.25, 0.3) is 0 Å². The molecule has 0 radical (unpaired) electrons. The maximum Gasteiger partial charge on any atom is 0.0963 e. The Hall–Kier alpha value is -0.530. The maximum atomic E-state index is 4.54. The van der Waals surface area contributed by atoms with Gasteiger partial charge in [0.1, 0.15) is 0 Å². The van der Waals surface area contributed by atoms with E-state index in [2.05, 4.69) is 17.2 Å². The molecule has 0 saturated heterocycles. The van der Waals surface area contributed by atoms with E-state index in [1.54, 1.807) is 0 Å². The van der Waals surface area contributed by atoms with Crippen LogP contribution in [0.15, 0.2) is 4.99 Å². The smallest absolute Gasteiger partial charge is 0.0963 e. The van der Waals surface area contributed by atoms with Gasteiger partial charge in [0.15, 0.2) is 0 Å². The number of nitrogens with one attached hydrogen (secondary N) is 1. The van der Waals surface area contributed by atoms with Crippen molar-refractivity contribution in [3.05, 3.63) is 0 Å². The van der Waals surface area contributed by atoms with Gasteiger partial charge in [-0.3, -0.25) is 4.99 Å². The zero-order chi connectivity index (χ0) is 10.5. The number of hydrogen-bond donors (Lipinski definition) is 1. The largest absolute Gasteiger partial charge is 0.374 e. The molecule has 1 fully saturated rings. The SMILES string of the molecule is CC1CCCCC1CNC1=NCCCC1. The lowest BCUT2D eigenvalue weighted by atomic mass is 9.80. The van der Waals surface area contributed by atoms with Gasteiger partial charge in [-0.2, -0.15) is 0 Å². The Labute approximate surface area is 93.6 Å². The van der Waals surface area contributed by atoms with Gasteiger partial charge in [0, 0.05) is 19.5 Å². The fourth-order valence-electron chi connectivity index (χ4n) is 2.79. The van der Waals surface area contributed by atoms with E-state index in [0.29, 0.717) is 0 Å². The predicted molar refractivity (Wildman–Crippen MR) is 65.3 cm³/mol. The fourth-order valence-corrected chi connectivity index (χ4v) is 2.79. The van der Waals surface area contributed by atoms with Gasteiger partial charge in [-0.05, 0) is 31.1 Å². The van der Waals surface area contributed by atoms with Gasteiger partial charge in [0.05, 0.1) is 5.84 Å².